The number of alkyl halides is 3. The van der Waals surface area contributed by atoms with Crippen LogP contribution in [0.4, 0.5) is 18.9 Å². The number of carbonyl (C=O) groups excluding carboxylic acids is 1. The monoisotopic (exact) mass is 294 g/mol. The fourth-order valence-corrected chi connectivity index (χ4v) is 1.18. The Bertz CT molecular complexity index is 472. The molecule has 19 heavy (non-hydrogen) atoms. The highest BCUT2D eigenvalue weighted by molar-refractivity contribution is 6.82. The maximum absolute atomic E-state index is 12.3. The van der Waals surface area contributed by atoms with Crippen molar-refractivity contribution < 1.29 is 22.7 Å². The minimum absolute atomic E-state index is 0.144. The maximum Gasteiger partial charge on any atom is 0.416 e. The lowest BCUT2D eigenvalue weighted by Crippen LogP contribution is -2.13. The Morgan fingerprint density at radius 1 is 1.37 bits per heavy atom. The van der Waals surface area contributed by atoms with E-state index in [-0.39, 0.29) is 12.3 Å². The highest BCUT2D eigenvalue weighted by atomic mass is 35.5. The normalized spacial score (nSPS) is 12.2. The third-order valence-corrected chi connectivity index (χ3v) is 2.18. The van der Waals surface area contributed by atoms with E-state index in [9.17, 15) is 18.0 Å². The predicted molar refractivity (Wildman–Crippen MR) is 65.0 cm³/mol. The Hall–Kier alpha value is -1.76. The molecule has 0 heterocycles. The molecule has 0 bridgehead atoms. The highest BCUT2D eigenvalue weighted by Gasteiger charge is 2.29. The van der Waals surface area contributed by atoms with Crippen LogP contribution >= 0.6 is 11.6 Å². The lowest BCUT2D eigenvalue weighted by atomic mass is 10.2. The number of esters is 1. The first kappa shape index (κ1) is 15.3. The number of carbonyl (C=O) groups is 1. The number of halogens is 4. The molecule has 104 valence electrons. The third-order valence-electron chi connectivity index (χ3n) is 1.94. The van der Waals surface area contributed by atoms with Crippen molar-refractivity contribution in [3.05, 3.63) is 29.8 Å². The van der Waals surface area contributed by atoms with E-state index < -0.39 is 22.9 Å². The van der Waals surface area contributed by atoms with Crippen molar-refractivity contribution in [1.82, 2.24) is 0 Å². The minimum atomic E-state index is -4.40. The standard InChI is InChI=1S/C11H10ClF3N2O2/c1-2-19-10(18)9(12)17-16-8-5-3-7(4-6-8)11(13,14)15/h3-6,16H,2H2,1H3/b17-9-. The van der Waals surface area contributed by atoms with Crippen molar-refractivity contribution in [3.8, 4) is 0 Å². The van der Waals surface area contributed by atoms with Crippen LogP contribution in [0.2, 0.25) is 0 Å². The molecule has 0 atom stereocenters. The Kier molecular flexibility index (Phi) is 5.17. The summed E-state index contributed by atoms with van der Waals surface area (Å²) < 4.78 is 41.4. The minimum Gasteiger partial charge on any atom is -0.461 e. The zero-order valence-electron chi connectivity index (χ0n) is 9.79. The zero-order valence-corrected chi connectivity index (χ0v) is 10.5. The van der Waals surface area contributed by atoms with E-state index in [2.05, 4.69) is 15.3 Å². The second-order valence-electron chi connectivity index (χ2n) is 3.31. The second-order valence-corrected chi connectivity index (χ2v) is 3.67. The highest BCUT2D eigenvalue weighted by Crippen LogP contribution is 2.29. The summed E-state index contributed by atoms with van der Waals surface area (Å²) in [5.74, 6) is -0.816. The fraction of sp³-hybridized carbons (Fsp3) is 0.273. The largest absolute Gasteiger partial charge is 0.461 e. The molecule has 0 saturated carbocycles. The molecule has 0 saturated heterocycles. The lowest BCUT2D eigenvalue weighted by Gasteiger charge is -2.07. The van der Waals surface area contributed by atoms with Gasteiger partial charge < -0.3 is 4.74 Å². The van der Waals surface area contributed by atoms with E-state index >= 15 is 0 Å². The second kappa shape index (κ2) is 6.42. The van der Waals surface area contributed by atoms with Gasteiger partial charge in [0.1, 0.15) is 0 Å². The fourth-order valence-electron chi connectivity index (χ4n) is 1.08. The lowest BCUT2D eigenvalue weighted by molar-refractivity contribution is -0.137. The molecule has 0 aliphatic heterocycles. The Morgan fingerprint density at radius 2 is 1.95 bits per heavy atom. The number of hydrogen-bond donors (Lipinski definition) is 1. The maximum atomic E-state index is 12.3. The molecule has 0 aliphatic carbocycles. The van der Waals surface area contributed by atoms with Crippen LogP contribution in [0.25, 0.3) is 0 Å². The molecule has 0 aliphatic rings. The van der Waals surface area contributed by atoms with Crippen molar-refractivity contribution in [2.45, 2.75) is 13.1 Å². The van der Waals surface area contributed by atoms with E-state index in [4.69, 9.17) is 11.6 Å². The Morgan fingerprint density at radius 3 is 2.42 bits per heavy atom. The van der Waals surface area contributed by atoms with Gasteiger partial charge in [-0.3, -0.25) is 5.43 Å². The number of ether oxygens (including phenoxy) is 1. The van der Waals surface area contributed by atoms with Crippen LogP contribution in [-0.2, 0) is 15.7 Å². The molecular formula is C11H10ClF3N2O2. The van der Waals surface area contributed by atoms with Gasteiger partial charge in [-0.05, 0) is 31.2 Å². The molecule has 1 aromatic rings. The Labute approximate surface area is 112 Å². The molecule has 0 unspecified atom stereocenters. The van der Waals surface area contributed by atoms with Crippen LogP contribution < -0.4 is 5.43 Å². The third kappa shape index (κ3) is 4.78. The van der Waals surface area contributed by atoms with E-state index in [1.165, 1.54) is 12.1 Å². The van der Waals surface area contributed by atoms with Crippen molar-refractivity contribution in [2.75, 3.05) is 12.0 Å². The summed E-state index contributed by atoms with van der Waals surface area (Å²) in [6.07, 6.45) is -4.40. The molecule has 0 fully saturated rings. The number of benzene rings is 1. The van der Waals surface area contributed by atoms with Gasteiger partial charge in [0.2, 0.25) is 5.17 Å². The molecule has 1 aromatic carbocycles. The number of nitrogens with one attached hydrogen (secondary N) is 1. The van der Waals surface area contributed by atoms with Gasteiger partial charge in [0, 0.05) is 0 Å². The molecule has 1 N–H and O–H groups in total. The first-order valence-corrected chi connectivity index (χ1v) is 5.56. The van der Waals surface area contributed by atoms with Gasteiger partial charge in [-0.15, -0.1) is 0 Å². The summed E-state index contributed by atoms with van der Waals surface area (Å²) in [5.41, 5.74) is 1.83. The summed E-state index contributed by atoms with van der Waals surface area (Å²) in [5, 5.41) is 3.04. The number of hydrogen-bond acceptors (Lipinski definition) is 4. The van der Waals surface area contributed by atoms with E-state index in [0.29, 0.717) is 0 Å². The van der Waals surface area contributed by atoms with Crippen LogP contribution in [0, 0.1) is 0 Å². The topological polar surface area (TPSA) is 50.7 Å². The van der Waals surface area contributed by atoms with Gasteiger partial charge >= 0.3 is 12.1 Å². The predicted octanol–water partition coefficient (Wildman–Crippen LogP) is 3.23. The summed E-state index contributed by atoms with van der Waals surface area (Å²) in [4.78, 5) is 11.1. The molecule has 4 nitrogen and oxygen atoms in total. The molecule has 1 rings (SSSR count). The number of rotatable bonds is 4. The average molecular weight is 295 g/mol. The SMILES string of the molecule is CCOC(=O)/C(Cl)=N/Nc1ccc(C(F)(F)F)cc1. The van der Waals surface area contributed by atoms with Crippen LogP contribution in [0.15, 0.2) is 29.4 Å². The van der Waals surface area contributed by atoms with Crippen molar-refractivity contribution in [2.24, 2.45) is 5.10 Å². The first-order chi connectivity index (χ1) is 8.84. The van der Waals surface area contributed by atoms with Crippen LogP contribution in [0.1, 0.15) is 12.5 Å². The van der Waals surface area contributed by atoms with Crippen molar-refractivity contribution in [1.29, 1.82) is 0 Å². The van der Waals surface area contributed by atoms with Crippen LogP contribution in [0.3, 0.4) is 0 Å². The van der Waals surface area contributed by atoms with Gasteiger partial charge in [0.05, 0.1) is 17.9 Å². The van der Waals surface area contributed by atoms with E-state index in [1.807, 2.05) is 0 Å². The number of hydrazone groups is 1. The number of anilines is 1. The summed E-state index contributed by atoms with van der Waals surface area (Å²) in [7, 11) is 0. The van der Waals surface area contributed by atoms with E-state index in [0.717, 1.165) is 12.1 Å². The van der Waals surface area contributed by atoms with Gasteiger partial charge in [-0.2, -0.15) is 18.3 Å². The van der Waals surface area contributed by atoms with Crippen molar-refractivity contribution in [3.63, 3.8) is 0 Å². The van der Waals surface area contributed by atoms with E-state index in [1.54, 1.807) is 6.92 Å². The van der Waals surface area contributed by atoms with Crippen molar-refractivity contribution >= 4 is 28.4 Å². The Balaban J connectivity index is 2.69. The molecular weight excluding hydrogens is 285 g/mol. The molecule has 0 spiro atoms. The molecule has 0 amide bonds. The number of nitrogens with zero attached hydrogens (tertiary/aromatic N) is 1. The summed E-state index contributed by atoms with van der Waals surface area (Å²) >= 11 is 5.50. The van der Waals surface area contributed by atoms with Gasteiger partial charge in [-0.25, -0.2) is 4.79 Å². The quantitative estimate of drug-likeness (QED) is 0.527. The molecule has 0 aromatic heterocycles. The summed E-state index contributed by atoms with van der Waals surface area (Å²) in [6.45, 7) is 1.75. The first-order valence-electron chi connectivity index (χ1n) is 5.18. The van der Waals surface area contributed by atoms with Gasteiger partial charge in [0.15, 0.2) is 0 Å². The van der Waals surface area contributed by atoms with Gasteiger partial charge in [0.25, 0.3) is 0 Å². The average Bonchev–Trinajstić information content (AvgIpc) is 2.35. The van der Waals surface area contributed by atoms with Gasteiger partial charge in [-0.1, -0.05) is 11.6 Å². The smallest absolute Gasteiger partial charge is 0.416 e. The van der Waals surface area contributed by atoms with Crippen LogP contribution in [-0.4, -0.2) is 17.7 Å². The molecule has 8 heteroatoms. The summed E-state index contributed by atoms with van der Waals surface area (Å²) in [6, 6.07) is 4.11. The van der Waals surface area contributed by atoms with Crippen LogP contribution in [0.5, 0.6) is 0 Å². The zero-order chi connectivity index (χ0) is 14.5. The molecule has 0 radical (unpaired) electrons.